The molecule has 1 heterocycles. The number of hydrogen-bond acceptors (Lipinski definition) is 4. The van der Waals surface area contributed by atoms with Crippen LogP contribution in [0.25, 0.3) is 6.08 Å². The Morgan fingerprint density at radius 2 is 1.63 bits per heavy atom. The average molecular weight is 398 g/mol. The summed E-state index contributed by atoms with van der Waals surface area (Å²) >= 11 is 1.18. The van der Waals surface area contributed by atoms with Crippen LogP contribution in [0.1, 0.15) is 16.4 Å². The van der Waals surface area contributed by atoms with Crippen LogP contribution in [0.15, 0.2) is 88.5 Å². The van der Waals surface area contributed by atoms with E-state index >= 15 is 0 Å². The molecule has 0 aliphatic heterocycles. The Labute approximate surface area is 163 Å². The molecule has 1 amide bonds. The highest BCUT2D eigenvalue weighted by atomic mass is 32.2. The van der Waals surface area contributed by atoms with E-state index in [1.54, 1.807) is 47.9 Å². The number of nitrogens with one attached hydrogen (secondary N) is 1. The van der Waals surface area contributed by atoms with E-state index in [1.807, 2.05) is 36.4 Å². The van der Waals surface area contributed by atoms with Crippen molar-refractivity contribution in [1.82, 2.24) is 5.32 Å². The number of rotatable bonds is 7. The zero-order chi connectivity index (χ0) is 19.1. The van der Waals surface area contributed by atoms with Gasteiger partial charge in [-0.3, -0.25) is 4.79 Å². The minimum atomic E-state index is -3.59. The third kappa shape index (κ3) is 4.93. The molecule has 138 valence electrons. The number of carbonyl (C=O) groups excluding carboxylic acids is 1. The molecular weight excluding hydrogens is 378 g/mol. The lowest BCUT2D eigenvalue weighted by molar-refractivity contribution is -0.116. The van der Waals surface area contributed by atoms with E-state index in [4.69, 9.17) is 0 Å². The molecule has 0 saturated heterocycles. The van der Waals surface area contributed by atoms with Gasteiger partial charge in [0.05, 0.1) is 0 Å². The van der Waals surface area contributed by atoms with E-state index in [-0.39, 0.29) is 12.5 Å². The summed E-state index contributed by atoms with van der Waals surface area (Å²) in [4.78, 5) is 12.2. The van der Waals surface area contributed by atoms with Crippen LogP contribution in [-0.4, -0.2) is 20.9 Å². The van der Waals surface area contributed by atoms with Crippen LogP contribution in [0.3, 0.4) is 0 Å². The molecule has 0 unspecified atom stereocenters. The van der Waals surface area contributed by atoms with Crippen molar-refractivity contribution in [3.05, 3.63) is 95.4 Å². The molecule has 1 N–H and O–H groups in total. The fourth-order valence-corrected chi connectivity index (χ4v) is 5.50. The third-order valence-electron chi connectivity index (χ3n) is 4.01. The Kier molecular flexibility index (Phi) is 6.21. The average Bonchev–Trinajstić information content (AvgIpc) is 3.24. The van der Waals surface area contributed by atoms with Gasteiger partial charge in [0.1, 0.15) is 9.46 Å². The summed E-state index contributed by atoms with van der Waals surface area (Å²) in [5.41, 5.74) is 1.55. The topological polar surface area (TPSA) is 63.2 Å². The van der Waals surface area contributed by atoms with Crippen molar-refractivity contribution in [2.75, 3.05) is 6.54 Å². The van der Waals surface area contributed by atoms with Crippen molar-refractivity contribution in [3.63, 3.8) is 0 Å². The van der Waals surface area contributed by atoms with Crippen LogP contribution in [-0.2, 0) is 14.6 Å². The summed E-state index contributed by atoms with van der Waals surface area (Å²) < 4.78 is 26.4. The fourth-order valence-electron chi connectivity index (χ4n) is 2.63. The van der Waals surface area contributed by atoms with Crippen LogP contribution >= 0.6 is 11.3 Å². The molecule has 0 bridgehead atoms. The van der Waals surface area contributed by atoms with Crippen molar-refractivity contribution < 1.29 is 13.2 Å². The Morgan fingerprint density at radius 3 is 2.26 bits per heavy atom. The minimum absolute atomic E-state index is 0.00219. The Balaban J connectivity index is 1.77. The summed E-state index contributed by atoms with van der Waals surface area (Å²) in [5.74, 6) is -0.332. The number of amides is 1. The van der Waals surface area contributed by atoms with Gasteiger partial charge in [0.25, 0.3) is 0 Å². The number of sulfone groups is 1. The molecule has 3 aromatic rings. The normalized spacial score (nSPS) is 12.7. The lowest BCUT2D eigenvalue weighted by atomic mass is 10.1. The molecule has 0 aliphatic rings. The van der Waals surface area contributed by atoms with Gasteiger partial charge in [0.15, 0.2) is 9.84 Å². The monoisotopic (exact) mass is 397 g/mol. The molecule has 0 saturated carbocycles. The lowest BCUT2D eigenvalue weighted by Crippen LogP contribution is -2.30. The first-order chi connectivity index (χ1) is 13.1. The first-order valence-corrected chi connectivity index (χ1v) is 10.8. The molecular formula is C21H19NO3S2. The van der Waals surface area contributed by atoms with Gasteiger partial charge < -0.3 is 5.32 Å². The maximum absolute atomic E-state index is 13.0. The lowest BCUT2D eigenvalue weighted by Gasteiger charge is -2.17. The first-order valence-electron chi connectivity index (χ1n) is 8.40. The van der Waals surface area contributed by atoms with Crippen molar-refractivity contribution in [2.45, 2.75) is 9.46 Å². The smallest absolute Gasteiger partial charge is 0.244 e. The molecule has 0 radical (unpaired) electrons. The zero-order valence-electron chi connectivity index (χ0n) is 14.5. The Hall–Kier alpha value is -2.70. The number of hydrogen-bond donors (Lipinski definition) is 1. The van der Waals surface area contributed by atoms with Crippen molar-refractivity contribution in [3.8, 4) is 0 Å². The van der Waals surface area contributed by atoms with Gasteiger partial charge >= 0.3 is 0 Å². The number of benzene rings is 2. The molecule has 0 spiro atoms. The van der Waals surface area contributed by atoms with Gasteiger partial charge in [-0.2, -0.15) is 0 Å². The van der Waals surface area contributed by atoms with Gasteiger partial charge in [0, 0.05) is 12.6 Å². The number of thiophene rings is 1. The van der Waals surface area contributed by atoms with Gasteiger partial charge in [-0.25, -0.2) is 8.42 Å². The van der Waals surface area contributed by atoms with Crippen LogP contribution in [0.5, 0.6) is 0 Å². The fraction of sp³-hybridized carbons (Fsp3) is 0.0952. The highest BCUT2D eigenvalue weighted by Gasteiger charge is 2.30. The predicted octanol–water partition coefficient (Wildman–Crippen LogP) is 4.09. The maximum Gasteiger partial charge on any atom is 0.244 e. The molecule has 6 heteroatoms. The highest BCUT2D eigenvalue weighted by Crippen LogP contribution is 2.31. The van der Waals surface area contributed by atoms with Gasteiger partial charge in [-0.1, -0.05) is 66.7 Å². The third-order valence-corrected chi connectivity index (χ3v) is 7.54. The summed E-state index contributed by atoms with van der Waals surface area (Å²) in [6.45, 7) is 0.00219. The second kappa shape index (κ2) is 8.79. The zero-order valence-corrected chi connectivity index (χ0v) is 16.1. The first kappa shape index (κ1) is 19.1. The SMILES string of the molecule is O=C(/C=C/c1ccccc1)NC[C@H](c1ccccc1)S(=O)(=O)c1cccs1. The Bertz CT molecular complexity index is 996. The van der Waals surface area contributed by atoms with Crippen molar-refractivity contribution in [2.24, 2.45) is 0 Å². The van der Waals surface area contributed by atoms with Gasteiger partial charge in [-0.15, -0.1) is 11.3 Å². The molecule has 2 aromatic carbocycles. The predicted molar refractivity (Wildman–Crippen MR) is 109 cm³/mol. The van der Waals surface area contributed by atoms with Gasteiger partial charge in [-0.05, 0) is 28.6 Å². The summed E-state index contributed by atoms with van der Waals surface area (Å²) in [7, 11) is -3.59. The molecule has 0 fully saturated rings. The van der Waals surface area contributed by atoms with Crippen LogP contribution < -0.4 is 5.32 Å². The quantitative estimate of drug-likeness (QED) is 0.611. The van der Waals surface area contributed by atoms with E-state index in [0.29, 0.717) is 9.77 Å². The van der Waals surface area contributed by atoms with Crippen molar-refractivity contribution in [1.29, 1.82) is 0 Å². The van der Waals surface area contributed by atoms with E-state index in [1.165, 1.54) is 17.4 Å². The van der Waals surface area contributed by atoms with E-state index < -0.39 is 15.1 Å². The van der Waals surface area contributed by atoms with E-state index in [2.05, 4.69) is 5.32 Å². The largest absolute Gasteiger partial charge is 0.351 e. The minimum Gasteiger partial charge on any atom is -0.351 e. The summed E-state index contributed by atoms with van der Waals surface area (Å²) in [6, 6.07) is 21.7. The molecule has 1 aromatic heterocycles. The second-order valence-corrected chi connectivity index (χ2v) is 9.17. The Morgan fingerprint density at radius 1 is 0.963 bits per heavy atom. The van der Waals surface area contributed by atoms with E-state index in [9.17, 15) is 13.2 Å². The number of carbonyl (C=O) groups is 1. The second-order valence-electron chi connectivity index (χ2n) is 5.87. The summed E-state index contributed by atoms with van der Waals surface area (Å²) in [5, 5.41) is 3.61. The molecule has 4 nitrogen and oxygen atoms in total. The van der Waals surface area contributed by atoms with Crippen LogP contribution in [0, 0.1) is 0 Å². The van der Waals surface area contributed by atoms with Gasteiger partial charge in [0.2, 0.25) is 5.91 Å². The van der Waals surface area contributed by atoms with Crippen LogP contribution in [0.4, 0.5) is 0 Å². The van der Waals surface area contributed by atoms with Crippen LogP contribution in [0.2, 0.25) is 0 Å². The van der Waals surface area contributed by atoms with Crippen molar-refractivity contribution >= 4 is 33.2 Å². The molecule has 27 heavy (non-hydrogen) atoms. The highest BCUT2D eigenvalue weighted by molar-refractivity contribution is 7.93. The molecule has 0 aliphatic carbocycles. The maximum atomic E-state index is 13.0. The van der Waals surface area contributed by atoms with E-state index in [0.717, 1.165) is 5.56 Å². The molecule has 3 rings (SSSR count). The standard InChI is InChI=1S/C21H19NO3S2/c23-20(14-13-17-8-3-1-4-9-17)22-16-19(18-10-5-2-6-11-18)27(24,25)21-12-7-15-26-21/h1-15,19H,16H2,(H,22,23)/b14-13+/t19-/m1/s1. The molecule has 1 atom stereocenters. The summed E-state index contributed by atoms with van der Waals surface area (Å²) in [6.07, 6.45) is 3.11.